The number of hydrogen-bond acceptors (Lipinski definition) is 2. The molecule has 2 aromatic rings. The first-order valence-electron chi connectivity index (χ1n) is 8.01. The van der Waals surface area contributed by atoms with E-state index in [1.54, 1.807) is 0 Å². The van der Waals surface area contributed by atoms with Gasteiger partial charge >= 0.3 is 145 Å². The van der Waals surface area contributed by atoms with E-state index in [1.807, 2.05) is 25.1 Å². The summed E-state index contributed by atoms with van der Waals surface area (Å²) in [7, 11) is 0. The zero-order chi connectivity index (χ0) is 16.8. The van der Waals surface area contributed by atoms with Crippen molar-refractivity contribution in [1.29, 1.82) is 0 Å². The monoisotopic (exact) mass is 376 g/mol. The van der Waals surface area contributed by atoms with Crippen molar-refractivity contribution in [2.75, 3.05) is 6.61 Å². The van der Waals surface area contributed by atoms with Crippen LogP contribution in [0.2, 0.25) is 0 Å². The summed E-state index contributed by atoms with van der Waals surface area (Å²) >= 11 is 0.00491. The molecule has 0 aromatic heterocycles. The Kier molecular flexibility index (Phi) is 6.44. The molecule has 0 fully saturated rings. The standard InChI is InChI=1S/C20H24O2Se/c1-5-22-20(21)19(23-16-9-7-6-8-10-16)18-13-15(4)11-12-17(18)14(2)3/h6-14,19H,5H2,1-4H3. The topological polar surface area (TPSA) is 26.3 Å². The van der Waals surface area contributed by atoms with Crippen LogP contribution >= 0.6 is 0 Å². The van der Waals surface area contributed by atoms with Crippen molar-refractivity contribution in [3.63, 3.8) is 0 Å². The van der Waals surface area contributed by atoms with Crippen molar-refractivity contribution in [1.82, 2.24) is 0 Å². The molecule has 3 heteroatoms. The fourth-order valence-electron chi connectivity index (χ4n) is 2.54. The SMILES string of the molecule is CCOC(=O)C([Se]c1ccccc1)c1cc(C)ccc1C(C)C. The quantitative estimate of drug-likeness (QED) is 0.568. The first-order valence-corrected chi connectivity index (χ1v) is 9.86. The van der Waals surface area contributed by atoms with Gasteiger partial charge in [0.25, 0.3) is 0 Å². The molecule has 0 N–H and O–H groups in total. The first kappa shape index (κ1) is 17.8. The number of carbonyl (C=O) groups is 1. The predicted molar refractivity (Wildman–Crippen MR) is 96.5 cm³/mol. The van der Waals surface area contributed by atoms with Crippen LogP contribution in [0.1, 0.15) is 48.2 Å². The minimum absolute atomic E-state index is 0.00491. The van der Waals surface area contributed by atoms with Gasteiger partial charge in [-0.1, -0.05) is 0 Å². The van der Waals surface area contributed by atoms with Gasteiger partial charge in [-0.3, -0.25) is 0 Å². The number of hydrogen-bond donors (Lipinski definition) is 0. The molecule has 0 saturated carbocycles. The van der Waals surface area contributed by atoms with Gasteiger partial charge in [-0.05, 0) is 0 Å². The molecule has 0 amide bonds. The van der Waals surface area contributed by atoms with Gasteiger partial charge in [0, 0.05) is 0 Å². The molecule has 0 aliphatic carbocycles. The van der Waals surface area contributed by atoms with Crippen molar-refractivity contribution in [2.24, 2.45) is 0 Å². The van der Waals surface area contributed by atoms with Gasteiger partial charge in [0.05, 0.1) is 0 Å². The van der Waals surface area contributed by atoms with E-state index in [-0.39, 0.29) is 25.7 Å². The third-order valence-corrected chi connectivity index (χ3v) is 6.22. The van der Waals surface area contributed by atoms with E-state index in [4.69, 9.17) is 4.74 Å². The maximum absolute atomic E-state index is 12.6. The third kappa shape index (κ3) is 4.70. The zero-order valence-corrected chi connectivity index (χ0v) is 15.9. The predicted octanol–water partition coefficient (Wildman–Crippen LogP) is 3.75. The average molecular weight is 375 g/mol. The molecular weight excluding hydrogens is 351 g/mol. The Bertz CT molecular complexity index is 650. The molecule has 2 aromatic carbocycles. The van der Waals surface area contributed by atoms with Crippen molar-refractivity contribution < 1.29 is 9.53 Å². The molecule has 0 radical (unpaired) electrons. The van der Waals surface area contributed by atoms with Gasteiger partial charge in [-0.2, -0.15) is 0 Å². The summed E-state index contributed by atoms with van der Waals surface area (Å²) in [4.78, 5) is 12.4. The van der Waals surface area contributed by atoms with Crippen LogP contribution in [0, 0.1) is 6.92 Å². The van der Waals surface area contributed by atoms with Crippen molar-refractivity contribution in [2.45, 2.75) is 38.4 Å². The second-order valence-electron chi connectivity index (χ2n) is 5.85. The van der Waals surface area contributed by atoms with Gasteiger partial charge < -0.3 is 0 Å². The van der Waals surface area contributed by atoms with Gasteiger partial charge in [0.15, 0.2) is 0 Å². The molecule has 122 valence electrons. The van der Waals surface area contributed by atoms with Crippen LogP contribution in [0.3, 0.4) is 0 Å². The molecule has 1 atom stereocenters. The summed E-state index contributed by atoms with van der Waals surface area (Å²) in [5.74, 6) is 0.276. The molecule has 0 spiro atoms. The van der Waals surface area contributed by atoms with Crippen LogP contribution in [0.4, 0.5) is 0 Å². The Labute approximate surface area is 145 Å². The molecule has 2 rings (SSSR count). The Morgan fingerprint density at radius 3 is 2.39 bits per heavy atom. The number of rotatable bonds is 6. The van der Waals surface area contributed by atoms with Gasteiger partial charge in [-0.15, -0.1) is 0 Å². The Balaban J connectivity index is 2.45. The second-order valence-corrected chi connectivity index (χ2v) is 8.32. The maximum atomic E-state index is 12.6. The fraction of sp³-hybridized carbons (Fsp3) is 0.350. The normalized spacial score (nSPS) is 12.2. The Morgan fingerprint density at radius 2 is 1.78 bits per heavy atom. The number of esters is 1. The van der Waals surface area contributed by atoms with Crippen LogP contribution in [-0.4, -0.2) is 27.5 Å². The Hall–Kier alpha value is -1.57. The first-order chi connectivity index (χ1) is 11.0. The fourth-order valence-corrected chi connectivity index (χ4v) is 4.81. The summed E-state index contributed by atoms with van der Waals surface area (Å²) in [5, 5.41) is 0. The van der Waals surface area contributed by atoms with E-state index in [9.17, 15) is 4.79 Å². The molecule has 0 saturated heterocycles. The number of aryl methyl sites for hydroxylation is 1. The summed E-state index contributed by atoms with van der Waals surface area (Å²) in [6, 6.07) is 16.7. The number of benzene rings is 2. The van der Waals surface area contributed by atoms with Gasteiger partial charge in [0.1, 0.15) is 0 Å². The average Bonchev–Trinajstić information content (AvgIpc) is 2.53. The molecule has 0 aliphatic heterocycles. The van der Waals surface area contributed by atoms with Crippen LogP contribution in [-0.2, 0) is 9.53 Å². The molecule has 0 heterocycles. The minimum atomic E-state index is -0.192. The third-order valence-electron chi connectivity index (χ3n) is 3.64. The van der Waals surface area contributed by atoms with E-state index < -0.39 is 0 Å². The Morgan fingerprint density at radius 1 is 1.09 bits per heavy atom. The van der Waals surface area contributed by atoms with E-state index in [1.165, 1.54) is 15.6 Å². The van der Waals surface area contributed by atoms with E-state index in [2.05, 4.69) is 51.1 Å². The number of carbonyl (C=O) groups excluding carboxylic acids is 1. The molecule has 0 bridgehead atoms. The van der Waals surface area contributed by atoms with Crippen molar-refractivity contribution in [3.05, 3.63) is 65.2 Å². The van der Waals surface area contributed by atoms with Gasteiger partial charge in [-0.25, -0.2) is 0 Å². The van der Waals surface area contributed by atoms with Crippen molar-refractivity contribution in [3.8, 4) is 0 Å². The van der Waals surface area contributed by atoms with E-state index >= 15 is 0 Å². The van der Waals surface area contributed by atoms with Gasteiger partial charge in [0.2, 0.25) is 0 Å². The second kappa shape index (κ2) is 8.33. The molecule has 1 unspecified atom stereocenters. The van der Waals surface area contributed by atoms with Crippen molar-refractivity contribution >= 4 is 25.4 Å². The molecule has 0 aliphatic rings. The molecular formula is C20H24O2Se. The van der Waals surface area contributed by atoms with Crippen LogP contribution < -0.4 is 4.46 Å². The van der Waals surface area contributed by atoms with Crippen LogP contribution in [0.25, 0.3) is 0 Å². The van der Waals surface area contributed by atoms with E-state index in [0.29, 0.717) is 12.5 Å². The molecule has 2 nitrogen and oxygen atoms in total. The van der Waals surface area contributed by atoms with Crippen LogP contribution in [0.15, 0.2) is 48.5 Å². The zero-order valence-electron chi connectivity index (χ0n) is 14.2. The summed E-state index contributed by atoms with van der Waals surface area (Å²) in [6.45, 7) is 8.70. The number of ether oxygens (including phenoxy) is 1. The van der Waals surface area contributed by atoms with E-state index in [0.717, 1.165) is 5.56 Å². The summed E-state index contributed by atoms with van der Waals surface area (Å²) in [6.07, 6.45) is 0. The summed E-state index contributed by atoms with van der Waals surface area (Å²) < 4.78 is 6.60. The molecule has 23 heavy (non-hydrogen) atoms. The summed E-state index contributed by atoms with van der Waals surface area (Å²) in [5.41, 5.74) is 3.55. The van der Waals surface area contributed by atoms with Crippen LogP contribution in [0.5, 0.6) is 0 Å².